The molecule has 0 aromatic rings. The number of alkyl carbamates (subject to hydrolysis) is 1. The summed E-state index contributed by atoms with van der Waals surface area (Å²) in [6.45, 7) is 1.81. The van der Waals surface area contributed by atoms with Gasteiger partial charge < -0.3 is 10.1 Å². The molecule has 0 bridgehead atoms. The van der Waals surface area contributed by atoms with Crippen molar-refractivity contribution in [1.82, 2.24) is 5.32 Å². The van der Waals surface area contributed by atoms with E-state index < -0.39 is 0 Å². The van der Waals surface area contributed by atoms with E-state index in [0.29, 0.717) is 5.88 Å². The zero-order valence-corrected chi connectivity index (χ0v) is 5.81. The van der Waals surface area contributed by atoms with Crippen LogP contribution in [0.1, 0.15) is 6.92 Å². The van der Waals surface area contributed by atoms with Gasteiger partial charge in [0.1, 0.15) is 6.10 Å². The highest BCUT2D eigenvalue weighted by Gasteiger charge is 2.28. The van der Waals surface area contributed by atoms with Crippen molar-refractivity contribution in [1.29, 1.82) is 0 Å². The average Bonchev–Trinajstić information content (AvgIpc) is 2.10. The van der Waals surface area contributed by atoms with Crippen LogP contribution in [0.25, 0.3) is 0 Å². The van der Waals surface area contributed by atoms with E-state index in [1.807, 2.05) is 6.92 Å². The van der Waals surface area contributed by atoms with Gasteiger partial charge in [-0.15, -0.1) is 11.6 Å². The largest absolute Gasteiger partial charge is 0.444 e. The Morgan fingerprint density at radius 1 is 1.89 bits per heavy atom. The Kier molecular flexibility index (Phi) is 1.81. The lowest BCUT2D eigenvalue weighted by Crippen LogP contribution is -2.31. The fourth-order valence-corrected chi connectivity index (χ4v) is 1.05. The van der Waals surface area contributed by atoms with Gasteiger partial charge in [0, 0.05) is 5.88 Å². The molecule has 1 saturated heterocycles. The minimum absolute atomic E-state index is 0.0147. The van der Waals surface area contributed by atoms with Gasteiger partial charge in [-0.25, -0.2) is 4.79 Å². The maximum atomic E-state index is 10.4. The zero-order chi connectivity index (χ0) is 6.85. The van der Waals surface area contributed by atoms with Crippen molar-refractivity contribution in [2.24, 2.45) is 0 Å². The van der Waals surface area contributed by atoms with Gasteiger partial charge in [-0.2, -0.15) is 0 Å². The van der Waals surface area contributed by atoms with Crippen molar-refractivity contribution >= 4 is 17.7 Å². The van der Waals surface area contributed by atoms with Crippen LogP contribution in [0.3, 0.4) is 0 Å². The van der Waals surface area contributed by atoms with Gasteiger partial charge >= 0.3 is 6.09 Å². The van der Waals surface area contributed by atoms with Gasteiger partial charge in [-0.05, 0) is 6.92 Å². The van der Waals surface area contributed by atoms with E-state index in [9.17, 15) is 4.79 Å². The number of hydrogen-bond donors (Lipinski definition) is 1. The van der Waals surface area contributed by atoms with Crippen LogP contribution in [0.4, 0.5) is 4.79 Å². The molecule has 52 valence electrons. The molecule has 1 aliphatic rings. The first kappa shape index (κ1) is 6.68. The summed E-state index contributed by atoms with van der Waals surface area (Å²) in [5.41, 5.74) is 0. The molecule has 0 saturated carbocycles. The second-order valence-corrected chi connectivity index (χ2v) is 2.32. The van der Waals surface area contributed by atoms with Crippen molar-refractivity contribution in [3.05, 3.63) is 0 Å². The third kappa shape index (κ3) is 1.27. The van der Waals surface area contributed by atoms with Crippen molar-refractivity contribution in [2.45, 2.75) is 19.1 Å². The Labute approximate surface area is 58.3 Å². The predicted molar refractivity (Wildman–Crippen MR) is 33.6 cm³/mol. The van der Waals surface area contributed by atoms with E-state index in [2.05, 4.69) is 5.32 Å². The number of halogens is 1. The SMILES string of the molecule is C[C@@H]1OC(=O)N[C@@H]1CCl. The van der Waals surface area contributed by atoms with Gasteiger partial charge in [0.15, 0.2) is 0 Å². The molecule has 0 unspecified atom stereocenters. The summed E-state index contributed by atoms with van der Waals surface area (Å²) in [6, 6.07) is -0.0147. The van der Waals surface area contributed by atoms with Crippen LogP contribution < -0.4 is 5.32 Å². The van der Waals surface area contributed by atoms with E-state index in [-0.39, 0.29) is 18.2 Å². The minimum atomic E-state index is -0.367. The number of ether oxygens (including phenoxy) is 1. The molecule has 3 nitrogen and oxygen atoms in total. The summed E-state index contributed by atoms with van der Waals surface area (Å²) in [4.78, 5) is 10.4. The maximum absolute atomic E-state index is 10.4. The third-order valence-corrected chi connectivity index (χ3v) is 1.66. The minimum Gasteiger partial charge on any atom is -0.444 e. The lowest BCUT2D eigenvalue weighted by molar-refractivity contribution is 0.143. The Morgan fingerprint density at radius 2 is 2.56 bits per heavy atom. The van der Waals surface area contributed by atoms with Crippen LogP contribution in [0.5, 0.6) is 0 Å². The van der Waals surface area contributed by atoms with Crippen LogP contribution in [0.15, 0.2) is 0 Å². The zero-order valence-electron chi connectivity index (χ0n) is 5.06. The summed E-state index contributed by atoms with van der Waals surface area (Å²) in [5, 5.41) is 2.56. The fourth-order valence-electron chi connectivity index (χ4n) is 0.718. The number of nitrogens with one attached hydrogen (secondary N) is 1. The summed E-state index contributed by atoms with van der Waals surface area (Å²) in [5.74, 6) is 0.410. The van der Waals surface area contributed by atoms with E-state index >= 15 is 0 Å². The number of rotatable bonds is 1. The smallest absolute Gasteiger partial charge is 0.407 e. The first-order valence-electron chi connectivity index (χ1n) is 2.77. The molecule has 1 aliphatic heterocycles. The van der Waals surface area contributed by atoms with Crippen molar-refractivity contribution < 1.29 is 9.53 Å². The molecule has 1 fully saturated rings. The standard InChI is InChI=1S/C5H8ClNO2/c1-3-4(2-6)7-5(8)9-3/h3-4H,2H2,1H3,(H,7,8)/t3-,4+/m0/s1. The van der Waals surface area contributed by atoms with Crippen molar-refractivity contribution in [3.8, 4) is 0 Å². The first-order chi connectivity index (χ1) is 4.24. The molecule has 9 heavy (non-hydrogen) atoms. The number of amides is 1. The molecule has 1 rings (SSSR count). The lowest BCUT2D eigenvalue weighted by Gasteiger charge is -2.06. The number of carbonyl (C=O) groups is 1. The molecule has 0 aliphatic carbocycles. The summed E-state index contributed by atoms with van der Waals surface area (Å²) in [6.07, 6.45) is -0.455. The summed E-state index contributed by atoms with van der Waals surface area (Å²) < 4.78 is 4.73. The van der Waals surface area contributed by atoms with E-state index in [1.165, 1.54) is 0 Å². The topological polar surface area (TPSA) is 38.3 Å². The van der Waals surface area contributed by atoms with Crippen LogP contribution >= 0.6 is 11.6 Å². The monoisotopic (exact) mass is 149 g/mol. The molecule has 1 heterocycles. The molecule has 4 heteroatoms. The molecule has 0 aromatic carbocycles. The van der Waals surface area contributed by atoms with Gasteiger partial charge in [-0.3, -0.25) is 0 Å². The van der Waals surface area contributed by atoms with Crippen LogP contribution in [0, 0.1) is 0 Å². The molecule has 1 N–H and O–H groups in total. The second-order valence-electron chi connectivity index (χ2n) is 2.02. The van der Waals surface area contributed by atoms with Gasteiger partial charge in [0.25, 0.3) is 0 Å². The van der Waals surface area contributed by atoms with Gasteiger partial charge in [-0.1, -0.05) is 0 Å². The Balaban J connectivity index is 2.47. The number of cyclic esters (lactones) is 1. The highest BCUT2D eigenvalue weighted by molar-refractivity contribution is 6.18. The van der Waals surface area contributed by atoms with Gasteiger partial charge in [0.05, 0.1) is 6.04 Å². The second kappa shape index (κ2) is 2.43. The van der Waals surface area contributed by atoms with Crippen LogP contribution in [-0.4, -0.2) is 24.1 Å². The van der Waals surface area contributed by atoms with E-state index in [1.54, 1.807) is 0 Å². The highest BCUT2D eigenvalue weighted by Crippen LogP contribution is 2.08. The van der Waals surface area contributed by atoms with Gasteiger partial charge in [0.2, 0.25) is 0 Å². The first-order valence-corrected chi connectivity index (χ1v) is 3.30. The van der Waals surface area contributed by atoms with Crippen molar-refractivity contribution in [3.63, 3.8) is 0 Å². The molecule has 2 atom stereocenters. The van der Waals surface area contributed by atoms with Crippen molar-refractivity contribution in [2.75, 3.05) is 5.88 Å². The molecule has 0 radical (unpaired) electrons. The highest BCUT2D eigenvalue weighted by atomic mass is 35.5. The Bertz CT molecular complexity index is 128. The molecular formula is C5H8ClNO2. The number of carbonyl (C=O) groups excluding carboxylic acids is 1. The third-order valence-electron chi connectivity index (χ3n) is 1.33. The van der Waals surface area contributed by atoms with E-state index in [0.717, 1.165) is 0 Å². The average molecular weight is 150 g/mol. The van der Waals surface area contributed by atoms with Crippen LogP contribution in [0.2, 0.25) is 0 Å². The summed E-state index contributed by atoms with van der Waals surface area (Å²) >= 11 is 5.47. The normalized spacial score (nSPS) is 33.8. The lowest BCUT2D eigenvalue weighted by atomic mass is 10.2. The number of hydrogen-bond acceptors (Lipinski definition) is 2. The number of alkyl halides is 1. The molecular weight excluding hydrogens is 142 g/mol. The fraction of sp³-hybridized carbons (Fsp3) is 0.800. The molecule has 1 amide bonds. The Hall–Kier alpha value is -0.440. The Morgan fingerprint density at radius 3 is 2.78 bits per heavy atom. The molecule has 0 aromatic heterocycles. The predicted octanol–water partition coefficient (Wildman–Crippen LogP) is 0.722. The van der Waals surface area contributed by atoms with E-state index in [4.69, 9.17) is 16.3 Å². The van der Waals surface area contributed by atoms with Crippen LogP contribution in [-0.2, 0) is 4.74 Å². The summed E-state index contributed by atoms with van der Waals surface area (Å²) in [7, 11) is 0. The molecule has 0 spiro atoms. The quantitative estimate of drug-likeness (QED) is 0.558. The maximum Gasteiger partial charge on any atom is 0.407 e.